The van der Waals surface area contributed by atoms with E-state index in [-0.39, 0.29) is 23.4 Å². The number of aromatic carboxylic acids is 2. The Balaban J connectivity index is 1.89. The standard InChI is InChI=1S/C17H13NO5/c19-16(20)12-5-3-6-13(15(12)17(21)22)18-9-11-8-10-4-1-2-7-14(10)23-11/h1-8,18H,9H2,(H,19,20)(H,21,22). The number of carbonyl (C=O) groups is 2. The van der Waals surface area contributed by atoms with E-state index in [0.29, 0.717) is 5.76 Å². The Hall–Kier alpha value is -3.28. The highest BCUT2D eigenvalue weighted by Gasteiger charge is 2.20. The molecule has 0 amide bonds. The van der Waals surface area contributed by atoms with Gasteiger partial charge in [-0.3, -0.25) is 0 Å². The summed E-state index contributed by atoms with van der Waals surface area (Å²) >= 11 is 0. The third kappa shape index (κ3) is 2.87. The number of hydrogen-bond acceptors (Lipinski definition) is 4. The van der Waals surface area contributed by atoms with E-state index in [1.165, 1.54) is 18.2 Å². The van der Waals surface area contributed by atoms with Crippen LogP contribution in [0.15, 0.2) is 52.9 Å². The van der Waals surface area contributed by atoms with Crippen LogP contribution in [0.1, 0.15) is 26.5 Å². The number of hydrogen-bond donors (Lipinski definition) is 3. The Bertz CT molecular complexity index is 864. The second-order valence-electron chi connectivity index (χ2n) is 4.94. The number of carboxylic acid groups (broad SMARTS) is 2. The van der Waals surface area contributed by atoms with Crippen LogP contribution < -0.4 is 5.32 Å². The zero-order chi connectivity index (χ0) is 16.4. The minimum absolute atomic E-state index is 0.234. The zero-order valence-electron chi connectivity index (χ0n) is 11.9. The Morgan fingerprint density at radius 1 is 1.00 bits per heavy atom. The molecule has 3 N–H and O–H groups in total. The highest BCUT2D eigenvalue weighted by Crippen LogP contribution is 2.23. The van der Waals surface area contributed by atoms with Gasteiger partial charge >= 0.3 is 11.9 Å². The molecular formula is C17H13NO5. The van der Waals surface area contributed by atoms with Crippen LogP contribution in [-0.4, -0.2) is 22.2 Å². The van der Waals surface area contributed by atoms with E-state index >= 15 is 0 Å². The molecule has 0 saturated carbocycles. The van der Waals surface area contributed by atoms with Crippen LogP contribution in [0.4, 0.5) is 5.69 Å². The lowest BCUT2D eigenvalue weighted by atomic mass is 10.1. The molecule has 23 heavy (non-hydrogen) atoms. The molecule has 0 atom stereocenters. The zero-order valence-corrected chi connectivity index (χ0v) is 11.9. The number of para-hydroxylation sites is 1. The first-order valence-corrected chi connectivity index (χ1v) is 6.87. The number of benzene rings is 2. The molecule has 0 aliphatic heterocycles. The minimum Gasteiger partial charge on any atom is -0.478 e. The lowest BCUT2D eigenvalue weighted by Gasteiger charge is -2.10. The van der Waals surface area contributed by atoms with Crippen LogP contribution >= 0.6 is 0 Å². The van der Waals surface area contributed by atoms with Crippen LogP contribution in [-0.2, 0) is 6.54 Å². The summed E-state index contributed by atoms with van der Waals surface area (Å²) in [4.78, 5) is 22.5. The maximum Gasteiger partial charge on any atom is 0.338 e. The molecule has 0 bridgehead atoms. The fourth-order valence-corrected chi connectivity index (χ4v) is 2.41. The highest BCUT2D eigenvalue weighted by atomic mass is 16.4. The van der Waals surface area contributed by atoms with Crippen molar-refractivity contribution < 1.29 is 24.2 Å². The smallest absolute Gasteiger partial charge is 0.338 e. The van der Waals surface area contributed by atoms with Crippen LogP contribution in [0, 0.1) is 0 Å². The van der Waals surface area contributed by atoms with E-state index in [1.807, 2.05) is 30.3 Å². The number of fused-ring (bicyclic) bond motifs is 1. The molecule has 116 valence electrons. The fourth-order valence-electron chi connectivity index (χ4n) is 2.41. The Morgan fingerprint density at radius 3 is 2.48 bits per heavy atom. The van der Waals surface area contributed by atoms with Crippen molar-refractivity contribution in [1.29, 1.82) is 0 Å². The van der Waals surface area contributed by atoms with Gasteiger partial charge in [-0.05, 0) is 24.3 Å². The number of anilines is 1. The molecule has 0 aliphatic carbocycles. The summed E-state index contributed by atoms with van der Waals surface area (Å²) in [6.45, 7) is 0.248. The van der Waals surface area contributed by atoms with Crippen molar-refractivity contribution in [3.8, 4) is 0 Å². The average molecular weight is 311 g/mol. The summed E-state index contributed by atoms with van der Waals surface area (Å²) in [7, 11) is 0. The number of furan rings is 1. The molecule has 0 fully saturated rings. The minimum atomic E-state index is -1.30. The lowest BCUT2D eigenvalue weighted by molar-refractivity contribution is 0.0652. The maximum atomic E-state index is 11.4. The second kappa shape index (κ2) is 5.84. The van der Waals surface area contributed by atoms with Crippen molar-refractivity contribution in [3.05, 3.63) is 65.4 Å². The molecule has 6 heteroatoms. The van der Waals surface area contributed by atoms with Crippen LogP contribution in [0.25, 0.3) is 11.0 Å². The summed E-state index contributed by atoms with van der Waals surface area (Å²) in [5, 5.41) is 22.3. The average Bonchev–Trinajstić information content (AvgIpc) is 2.95. The van der Waals surface area contributed by atoms with E-state index < -0.39 is 11.9 Å². The van der Waals surface area contributed by atoms with E-state index in [2.05, 4.69) is 5.32 Å². The molecular weight excluding hydrogens is 298 g/mol. The van der Waals surface area contributed by atoms with Crippen molar-refractivity contribution in [2.24, 2.45) is 0 Å². The van der Waals surface area contributed by atoms with Gasteiger partial charge in [0.1, 0.15) is 11.3 Å². The number of rotatable bonds is 5. The quantitative estimate of drug-likeness (QED) is 0.667. The number of nitrogens with one attached hydrogen (secondary N) is 1. The third-order valence-electron chi connectivity index (χ3n) is 3.44. The maximum absolute atomic E-state index is 11.4. The van der Waals surface area contributed by atoms with Crippen molar-refractivity contribution >= 4 is 28.6 Å². The predicted molar refractivity (Wildman–Crippen MR) is 83.9 cm³/mol. The van der Waals surface area contributed by atoms with Crippen molar-refractivity contribution in [2.75, 3.05) is 5.32 Å². The number of carboxylic acids is 2. The van der Waals surface area contributed by atoms with E-state index in [4.69, 9.17) is 9.52 Å². The van der Waals surface area contributed by atoms with Crippen LogP contribution in [0.5, 0.6) is 0 Å². The molecule has 1 heterocycles. The van der Waals surface area contributed by atoms with Gasteiger partial charge in [0, 0.05) is 11.1 Å². The van der Waals surface area contributed by atoms with Gasteiger partial charge in [0.25, 0.3) is 0 Å². The summed E-state index contributed by atoms with van der Waals surface area (Å²) < 4.78 is 5.64. The van der Waals surface area contributed by atoms with Gasteiger partial charge in [-0.1, -0.05) is 24.3 Å². The summed E-state index contributed by atoms with van der Waals surface area (Å²) in [5.74, 6) is -1.95. The first-order chi connectivity index (χ1) is 11.1. The molecule has 0 unspecified atom stereocenters. The molecule has 0 radical (unpaired) electrons. The third-order valence-corrected chi connectivity index (χ3v) is 3.44. The Kier molecular flexibility index (Phi) is 3.72. The lowest BCUT2D eigenvalue weighted by Crippen LogP contribution is -2.12. The second-order valence-corrected chi connectivity index (χ2v) is 4.94. The van der Waals surface area contributed by atoms with E-state index in [0.717, 1.165) is 11.0 Å². The van der Waals surface area contributed by atoms with Gasteiger partial charge < -0.3 is 19.9 Å². The molecule has 1 aromatic heterocycles. The summed E-state index contributed by atoms with van der Waals surface area (Å²) in [6, 6.07) is 13.6. The monoisotopic (exact) mass is 311 g/mol. The van der Waals surface area contributed by atoms with Gasteiger partial charge in [0.05, 0.1) is 17.7 Å². The highest BCUT2D eigenvalue weighted by molar-refractivity contribution is 6.05. The SMILES string of the molecule is O=C(O)c1cccc(NCc2cc3ccccc3o2)c1C(=O)O. The normalized spacial score (nSPS) is 10.6. The molecule has 6 nitrogen and oxygen atoms in total. The van der Waals surface area contributed by atoms with Crippen LogP contribution in [0.2, 0.25) is 0 Å². The molecule has 0 saturated heterocycles. The molecule has 3 aromatic rings. The first kappa shape index (κ1) is 14.6. The molecule has 3 rings (SSSR count). The fraction of sp³-hybridized carbons (Fsp3) is 0.0588. The van der Waals surface area contributed by atoms with Gasteiger partial charge in [-0.2, -0.15) is 0 Å². The molecule has 0 spiro atoms. The van der Waals surface area contributed by atoms with Crippen LogP contribution in [0.3, 0.4) is 0 Å². The summed E-state index contributed by atoms with van der Waals surface area (Å²) in [5.41, 5.74) is 0.447. The van der Waals surface area contributed by atoms with Crippen molar-refractivity contribution in [2.45, 2.75) is 6.54 Å². The van der Waals surface area contributed by atoms with Gasteiger partial charge in [0.15, 0.2) is 0 Å². The molecule has 0 aliphatic rings. The Morgan fingerprint density at radius 2 is 1.78 bits per heavy atom. The largest absolute Gasteiger partial charge is 0.478 e. The first-order valence-electron chi connectivity index (χ1n) is 6.87. The Labute approximate surface area is 131 Å². The van der Waals surface area contributed by atoms with E-state index in [9.17, 15) is 14.7 Å². The van der Waals surface area contributed by atoms with E-state index in [1.54, 1.807) is 0 Å². The van der Waals surface area contributed by atoms with Gasteiger partial charge in [-0.25, -0.2) is 9.59 Å². The van der Waals surface area contributed by atoms with Gasteiger partial charge in [0.2, 0.25) is 0 Å². The van der Waals surface area contributed by atoms with Crippen molar-refractivity contribution in [3.63, 3.8) is 0 Å². The predicted octanol–water partition coefficient (Wildman–Crippen LogP) is 3.44. The van der Waals surface area contributed by atoms with Gasteiger partial charge in [-0.15, -0.1) is 0 Å². The summed E-state index contributed by atoms with van der Waals surface area (Å²) in [6.07, 6.45) is 0. The topological polar surface area (TPSA) is 99.8 Å². The molecule has 2 aromatic carbocycles. The van der Waals surface area contributed by atoms with Crippen molar-refractivity contribution in [1.82, 2.24) is 0 Å².